The molecule has 1 aromatic carbocycles. The number of unbranched alkanes of at least 4 members (excludes halogenated alkanes) is 1. The molecule has 0 aliphatic heterocycles. The maximum absolute atomic E-state index is 13.6. The van der Waals surface area contributed by atoms with Gasteiger partial charge < -0.3 is 4.18 Å². The molecular weight excluding hydrogens is 476 g/mol. The highest BCUT2D eigenvalue weighted by molar-refractivity contribution is 7.90. The Kier molecular flexibility index (Phi) is 8.87. The summed E-state index contributed by atoms with van der Waals surface area (Å²) in [6.45, 7) is 11.4. The first-order chi connectivity index (χ1) is 15.7. The van der Waals surface area contributed by atoms with E-state index in [9.17, 15) is 21.6 Å². The van der Waals surface area contributed by atoms with E-state index in [4.69, 9.17) is 4.18 Å². The van der Waals surface area contributed by atoms with Gasteiger partial charge in [0.15, 0.2) is 15.6 Å². The molecule has 10 heteroatoms. The van der Waals surface area contributed by atoms with Gasteiger partial charge in [0.05, 0.1) is 16.8 Å². The van der Waals surface area contributed by atoms with E-state index >= 15 is 0 Å². The third-order valence-corrected chi connectivity index (χ3v) is 7.96. The molecule has 188 valence electrons. The second kappa shape index (κ2) is 10.9. The van der Waals surface area contributed by atoms with Gasteiger partial charge in [-0.15, -0.1) is 0 Å². The number of aromatic nitrogens is 2. The van der Waals surface area contributed by atoms with Gasteiger partial charge in [0.25, 0.3) is 0 Å². The predicted octanol–water partition coefficient (Wildman–Crippen LogP) is 4.56. The van der Waals surface area contributed by atoms with Crippen molar-refractivity contribution in [2.45, 2.75) is 72.2 Å². The summed E-state index contributed by atoms with van der Waals surface area (Å²) in [5.41, 5.74) is 2.92. The van der Waals surface area contributed by atoms with Crippen LogP contribution in [0.25, 0.3) is 5.57 Å². The van der Waals surface area contributed by atoms with Crippen LogP contribution >= 0.6 is 0 Å². The van der Waals surface area contributed by atoms with Gasteiger partial charge in [0, 0.05) is 18.4 Å². The molecular formula is C24H34N2O6S2. The lowest BCUT2D eigenvalue weighted by atomic mass is 9.91. The molecule has 0 radical (unpaired) electrons. The molecule has 0 unspecified atom stereocenters. The first kappa shape index (κ1) is 27.8. The zero-order valence-corrected chi connectivity index (χ0v) is 22.6. The minimum Gasteiger partial charge on any atom is -0.361 e. The number of sulfone groups is 1. The first-order valence-electron chi connectivity index (χ1n) is 11.3. The van der Waals surface area contributed by atoms with Crippen LogP contribution in [0.3, 0.4) is 0 Å². The van der Waals surface area contributed by atoms with E-state index in [1.807, 2.05) is 34.6 Å². The van der Waals surface area contributed by atoms with Gasteiger partial charge in [-0.1, -0.05) is 25.8 Å². The van der Waals surface area contributed by atoms with E-state index in [-0.39, 0.29) is 27.7 Å². The summed E-state index contributed by atoms with van der Waals surface area (Å²) in [4.78, 5) is 13.8. The van der Waals surface area contributed by atoms with Crippen LogP contribution in [0.1, 0.15) is 80.9 Å². The van der Waals surface area contributed by atoms with Crippen LogP contribution in [0.15, 0.2) is 28.8 Å². The Morgan fingerprint density at radius 2 is 1.68 bits per heavy atom. The number of ketones is 1. The van der Waals surface area contributed by atoms with E-state index in [0.717, 1.165) is 17.4 Å². The quantitative estimate of drug-likeness (QED) is 0.322. The molecule has 0 fully saturated rings. The van der Waals surface area contributed by atoms with Crippen molar-refractivity contribution < 1.29 is 25.8 Å². The van der Waals surface area contributed by atoms with Crippen molar-refractivity contribution in [1.29, 1.82) is 0 Å². The van der Waals surface area contributed by atoms with Crippen LogP contribution < -0.4 is 4.18 Å². The Hall–Kier alpha value is -2.46. The number of rotatable bonds is 11. The van der Waals surface area contributed by atoms with Crippen molar-refractivity contribution >= 4 is 31.3 Å². The number of carbonyl (C=O) groups is 1. The van der Waals surface area contributed by atoms with Crippen molar-refractivity contribution in [1.82, 2.24) is 9.78 Å². The largest absolute Gasteiger partial charge is 0.361 e. The lowest BCUT2D eigenvalue weighted by Crippen LogP contribution is -2.18. The number of benzene rings is 1. The Bertz CT molecular complexity index is 1320. The first-order valence-corrected chi connectivity index (χ1v) is 14.7. The highest BCUT2D eigenvalue weighted by Crippen LogP contribution is 2.33. The second-order valence-electron chi connectivity index (χ2n) is 8.62. The predicted molar refractivity (Wildman–Crippen MR) is 134 cm³/mol. The molecule has 0 bridgehead atoms. The molecule has 8 nitrogen and oxygen atoms in total. The highest BCUT2D eigenvalue weighted by atomic mass is 32.2. The Balaban J connectivity index is 2.71. The SMILES string of the molecule is CCCCS(=O)(=O)Oc1c(C(=O)c2ccc(S(C)(=O)=O)c(C(C)=C(C)C)c2C)cnn1CCC. The topological polar surface area (TPSA) is 112 Å². The molecule has 0 saturated heterocycles. The van der Waals surface area contributed by atoms with Crippen LogP contribution in [0.2, 0.25) is 0 Å². The number of carbonyl (C=O) groups excluding carboxylic acids is 1. The minimum atomic E-state index is -3.91. The lowest BCUT2D eigenvalue weighted by Gasteiger charge is -2.17. The summed E-state index contributed by atoms with van der Waals surface area (Å²) in [5.74, 6) is -0.765. The molecule has 2 aromatic rings. The van der Waals surface area contributed by atoms with Gasteiger partial charge in [-0.05, 0) is 69.4 Å². The van der Waals surface area contributed by atoms with E-state index in [1.165, 1.54) is 23.0 Å². The highest BCUT2D eigenvalue weighted by Gasteiger charge is 2.28. The van der Waals surface area contributed by atoms with Crippen molar-refractivity contribution in [3.05, 3.63) is 46.2 Å². The van der Waals surface area contributed by atoms with Gasteiger partial charge in [-0.25, -0.2) is 13.1 Å². The van der Waals surface area contributed by atoms with Crippen molar-refractivity contribution in [2.75, 3.05) is 12.0 Å². The third-order valence-electron chi connectivity index (χ3n) is 5.62. The van der Waals surface area contributed by atoms with E-state index in [1.54, 1.807) is 6.92 Å². The van der Waals surface area contributed by atoms with E-state index in [2.05, 4.69) is 5.10 Å². The van der Waals surface area contributed by atoms with Crippen LogP contribution in [0.4, 0.5) is 0 Å². The molecule has 0 N–H and O–H groups in total. The van der Waals surface area contributed by atoms with Gasteiger partial charge in [-0.2, -0.15) is 13.5 Å². The maximum Gasteiger partial charge on any atom is 0.310 e. The number of allylic oxidation sites excluding steroid dienone is 2. The molecule has 0 saturated carbocycles. The fourth-order valence-electron chi connectivity index (χ4n) is 3.57. The monoisotopic (exact) mass is 510 g/mol. The Morgan fingerprint density at radius 1 is 1.03 bits per heavy atom. The zero-order chi connectivity index (χ0) is 25.8. The number of aryl methyl sites for hydroxylation is 1. The average Bonchev–Trinajstić information content (AvgIpc) is 3.12. The fourth-order valence-corrected chi connectivity index (χ4v) is 5.71. The summed E-state index contributed by atoms with van der Waals surface area (Å²) in [6.07, 6.45) is 4.21. The van der Waals surface area contributed by atoms with Crippen LogP contribution in [-0.4, -0.2) is 44.4 Å². The molecule has 1 aromatic heterocycles. The molecule has 1 heterocycles. The smallest absolute Gasteiger partial charge is 0.310 e. The lowest BCUT2D eigenvalue weighted by molar-refractivity contribution is 0.103. The van der Waals surface area contributed by atoms with Gasteiger partial charge in [0.1, 0.15) is 5.56 Å². The molecule has 0 atom stereocenters. The fraction of sp³-hybridized carbons (Fsp3) is 0.500. The standard InChI is InChI=1S/C24H34N2O6S2/c1-8-10-14-34(30,31)32-24-20(15-25-26(24)13-9-2)23(27)19-11-12-21(33(7,28)29)22(18(19)6)17(5)16(3)4/h11-12,15H,8-10,13-14H2,1-7H3. The van der Waals surface area contributed by atoms with Gasteiger partial charge in [-0.3, -0.25) is 4.79 Å². The normalized spacial score (nSPS) is 12.0. The molecule has 34 heavy (non-hydrogen) atoms. The number of hydrogen-bond donors (Lipinski definition) is 0. The molecule has 2 rings (SSSR count). The van der Waals surface area contributed by atoms with E-state index in [0.29, 0.717) is 36.9 Å². The minimum absolute atomic E-state index is 0.0181. The van der Waals surface area contributed by atoms with E-state index < -0.39 is 25.7 Å². The molecule has 0 aliphatic rings. The summed E-state index contributed by atoms with van der Waals surface area (Å²) in [7, 11) is -7.47. The van der Waals surface area contributed by atoms with Crippen molar-refractivity contribution in [2.24, 2.45) is 0 Å². The second-order valence-corrected chi connectivity index (χ2v) is 12.3. The Morgan fingerprint density at radius 3 is 2.21 bits per heavy atom. The Labute approximate surface area is 203 Å². The summed E-state index contributed by atoms with van der Waals surface area (Å²) >= 11 is 0. The average molecular weight is 511 g/mol. The van der Waals surface area contributed by atoms with Crippen molar-refractivity contribution in [3.8, 4) is 5.88 Å². The van der Waals surface area contributed by atoms with Gasteiger partial charge in [0.2, 0.25) is 5.88 Å². The zero-order valence-electron chi connectivity index (χ0n) is 20.9. The summed E-state index contributed by atoms with van der Waals surface area (Å²) in [6, 6.07) is 2.88. The third kappa shape index (κ3) is 6.15. The molecule has 0 amide bonds. The number of nitrogens with zero attached hydrogens (tertiary/aromatic N) is 2. The van der Waals surface area contributed by atoms with Crippen molar-refractivity contribution in [3.63, 3.8) is 0 Å². The summed E-state index contributed by atoms with van der Waals surface area (Å²) in [5, 5.41) is 4.19. The van der Waals surface area contributed by atoms with Gasteiger partial charge >= 0.3 is 10.1 Å². The van der Waals surface area contributed by atoms with Crippen LogP contribution in [-0.2, 0) is 26.5 Å². The van der Waals surface area contributed by atoms with Crippen LogP contribution in [0, 0.1) is 6.92 Å². The molecule has 0 spiro atoms. The van der Waals surface area contributed by atoms with Crippen LogP contribution in [0.5, 0.6) is 5.88 Å². The molecule has 0 aliphatic carbocycles. The summed E-state index contributed by atoms with van der Waals surface area (Å²) < 4.78 is 56.7. The number of hydrogen-bond acceptors (Lipinski definition) is 7. The maximum atomic E-state index is 13.6.